The van der Waals surface area contributed by atoms with Crippen LogP contribution in [0.2, 0.25) is 0 Å². The van der Waals surface area contributed by atoms with Crippen LogP contribution in [-0.2, 0) is 6.54 Å². The van der Waals surface area contributed by atoms with Gasteiger partial charge in [0.25, 0.3) is 5.91 Å². The predicted octanol–water partition coefficient (Wildman–Crippen LogP) is 5.75. The number of ether oxygens (including phenoxy) is 1. The number of hydrogen-bond acceptors (Lipinski definition) is 6. The van der Waals surface area contributed by atoms with Crippen molar-refractivity contribution in [2.45, 2.75) is 25.8 Å². The molecule has 208 valence electrons. The maximum Gasteiger partial charge on any atom is 0.336 e. The lowest BCUT2D eigenvalue weighted by molar-refractivity contribution is 0.0697. The molecule has 1 amide bonds. The summed E-state index contributed by atoms with van der Waals surface area (Å²) in [6.45, 7) is 2.36. The highest BCUT2D eigenvalue weighted by atomic mass is 32.1. The zero-order valence-electron chi connectivity index (χ0n) is 22.5. The third-order valence-electron chi connectivity index (χ3n) is 7.16. The van der Waals surface area contributed by atoms with Crippen molar-refractivity contribution in [3.8, 4) is 16.9 Å². The number of nitrogens with one attached hydrogen (secondary N) is 3. The monoisotopic (exact) mass is 567 g/mol. The van der Waals surface area contributed by atoms with Crippen LogP contribution in [0.15, 0.2) is 71.7 Å². The van der Waals surface area contributed by atoms with Gasteiger partial charge in [-0.2, -0.15) is 0 Å². The predicted molar refractivity (Wildman–Crippen MR) is 160 cm³/mol. The number of thiazole rings is 1. The van der Waals surface area contributed by atoms with E-state index in [1.165, 1.54) is 24.5 Å². The van der Waals surface area contributed by atoms with Crippen LogP contribution in [-0.4, -0.2) is 39.9 Å². The van der Waals surface area contributed by atoms with Crippen LogP contribution in [0, 0.1) is 5.41 Å². The summed E-state index contributed by atoms with van der Waals surface area (Å²) in [5.74, 6) is -1.09. The molecular formula is C31H29N5O4S. The van der Waals surface area contributed by atoms with Crippen molar-refractivity contribution in [2.75, 3.05) is 7.11 Å². The highest BCUT2D eigenvalue weighted by Crippen LogP contribution is 2.40. The summed E-state index contributed by atoms with van der Waals surface area (Å²) in [6.07, 6.45) is 2.65. The Bertz CT molecular complexity index is 1760. The maximum atomic E-state index is 13.2. The van der Waals surface area contributed by atoms with Crippen molar-refractivity contribution in [3.63, 3.8) is 0 Å². The van der Waals surface area contributed by atoms with Gasteiger partial charge in [0, 0.05) is 39.5 Å². The molecule has 2 heterocycles. The molecule has 3 aromatic carbocycles. The van der Waals surface area contributed by atoms with Crippen molar-refractivity contribution >= 4 is 40.0 Å². The van der Waals surface area contributed by atoms with Crippen LogP contribution in [0.5, 0.6) is 5.75 Å². The highest BCUT2D eigenvalue weighted by Gasteiger charge is 2.24. The summed E-state index contributed by atoms with van der Waals surface area (Å²) in [5, 5.41) is 23.7. The van der Waals surface area contributed by atoms with Crippen molar-refractivity contribution in [2.24, 2.45) is 5.73 Å². The molecule has 9 nitrogen and oxygen atoms in total. The molecule has 0 aliphatic rings. The summed E-state index contributed by atoms with van der Waals surface area (Å²) in [7, 11) is 1.49. The Morgan fingerprint density at radius 3 is 2.59 bits per heavy atom. The average Bonchev–Trinajstić information content (AvgIpc) is 3.66. The van der Waals surface area contributed by atoms with Gasteiger partial charge in [-0.3, -0.25) is 10.2 Å². The Morgan fingerprint density at radius 1 is 1.10 bits per heavy atom. The third-order valence-corrected chi connectivity index (χ3v) is 7.80. The first-order chi connectivity index (χ1) is 19.8. The molecule has 5 rings (SSSR count). The molecule has 0 fully saturated rings. The van der Waals surface area contributed by atoms with Crippen molar-refractivity contribution < 1.29 is 19.4 Å². The minimum absolute atomic E-state index is 0.0123. The van der Waals surface area contributed by atoms with Gasteiger partial charge in [0.1, 0.15) is 11.6 Å². The molecule has 10 heteroatoms. The number of carbonyl (C=O) groups is 2. The molecule has 0 saturated carbocycles. The fourth-order valence-electron chi connectivity index (χ4n) is 5.11. The zero-order chi connectivity index (χ0) is 29.1. The number of carbonyl (C=O) groups excluding carboxylic acids is 1. The van der Waals surface area contributed by atoms with Crippen LogP contribution >= 0.6 is 11.3 Å². The van der Waals surface area contributed by atoms with Crippen LogP contribution in [0.4, 0.5) is 0 Å². The lowest BCUT2D eigenvalue weighted by atomic mass is 9.82. The van der Waals surface area contributed by atoms with E-state index in [-0.39, 0.29) is 29.8 Å². The molecule has 0 bridgehead atoms. The van der Waals surface area contributed by atoms with E-state index in [9.17, 15) is 14.7 Å². The molecule has 0 saturated heterocycles. The number of hydrogen-bond donors (Lipinski definition) is 5. The summed E-state index contributed by atoms with van der Waals surface area (Å²) in [5.41, 5.74) is 13.2. The number of amidine groups is 1. The number of amides is 1. The zero-order valence-corrected chi connectivity index (χ0v) is 23.3. The second-order valence-electron chi connectivity index (χ2n) is 9.56. The Balaban J connectivity index is 1.65. The van der Waals surface area contributed by atoms with Crippen molar-refractivity contribution in [1.29, 1.82) is 5.41 Å². The smallest absolute Gasteiger partial charge is 0.336 e. The standard InChI is InChI=1S/C31H29N5O4S/c1-3-21(27-14-34-28-11-17(29(32)33)4-8-24(27)28)22-7-5-18(30(37)35-13-19-15-41-16-36-19)10-25(22)23-9-6-20(40-2)12-26(23)31(38)39/h4-12,14-16,21,34H,3,13H2,1-2H3,(H3,32,33)(H,35,37)(H,38,39). The molecule has 1 unspecified atom stereocenters. The number of aromatic amines is 1. The van der Waals surface area contributed by atoms with E-state index in [1.54, 1.807) is 29.8 Å². The molecule has 6 N–H and O–H groups in total. The van der Waals surface area contributed by atoms with E-state index in [0.29, 0.717) is 34.4 Å². The summed E-state index contributed by atoms with van der Waals surface area (Å²) in [4.78, 5) is 33.1. The van der Waals surface area contributed by atoms with E-state index in [0.717, 1.165) is 27.7 Å². The molecule has 2 aromatic heterocycles. The number of nitrogens with zero attached hydrogens (tertiary/aromatic N) is 1. The first-order valence-corrected chi connectivity index (χ1v) is 13.9. The van der Waals surface area contributed by atoms with Crippen LogP contribution < -0.4 is 15.8 Å². The summed E-state index contributed by atoms with van der Waals surface area (Å²) >= 11 is 1.46. The van der Waals surface area contributed by atoms with Crippen molar-refractivity contribution in [1.82, 2.24) is 15.3 Å². The fraction of sp³-hybridized carbons (Fsp3) is 0.161. The SMILES string of the molecule is CCC(c1ccc(C(=O)NCc2cscn2)cc1-c1ccc(OC)cc1C(=O)O)c1c[nH]c2cc(C(=N)N)ccc12. The van der Waals surface area contributed by atoms with Gasteiger partial charge in [-0.05, 0) is 65.1 Å². The van der Waals surface area contributed by atoms with E-state index >= 15 is 0 Å². The Kier molecular flexibility index (Phi) is 7.84. The number of carboxylic acids is 1. The molecule has 0 radical (unpaired) electrons. The van der Waals surface area contributed by atoms with Gasteiger partial charge in [-0.25, -0.2) is 9.78 Å². The molecule has 0 aliphatic carbocycles. The number of fused-ring (bicyclic) bond motifs is 1. The van der Waals surface area contributed by atoms with Gasteiger partial charge in [0.05, 0.1) is 30.4 Å². The van der Waals surface area contributed by atoms with Gasteiger partial charge >= 0.3 is 5.97 Å². The van der Waals surface area contributed by atoms with Gasteiger partial charge in [-0.1, -0.05) is 25.1 Å². The lowest BCUT2D eigenvalue weighted by Crippen LogP contribution is -2.23. The van der Waals surface area contributed by atoms with Gasteiger partial charge in [0.15, 0.2) is 0 Å². The van der Waals surface area contributed by atoms with E-state index in [1.807, 2.05) is 35.8 Å². The van der Waals surface area contributed by atoms with Crippen LogP contribution in [0.25, 0.3) is 22.0 Å². The molecule has 0 aliphatic heterocycles. The van der Waals surface area contributed by atoms with Gasteiger partial charge in [0.2, 0.25) is 0 Å². The molecule has 5 aromatic rings. The van der Waals surface area contributed by atoms with Gasteiger partial charge < -0.3 is 25.9 Å². The number of aromatic nitrogens is 2. The third kappa shape index (κ3) is 5.55. The molecule has 1 atom stereocenters. The number of benzene rings is 3. The van der Waals surface area contributed by atoms with E-state index in [2.05, 4.69) is 22.2 Å². The van der Waals surface area contributed by atoms with Crippen LogP contribution in [0.1, 0.15) is 62.4 Å². The second-order valence-corrected chi connectivity index (χ2v) is 10.3. The molecular weight excluding hydrogens is 538 g/mol. The summed E-state index contributed by atoms with van der Waals surface area (Å²) in [6, 6.07) is 16.0. The number of methoxy groups -OCH3 is 1. The minimum atomic E-state index is -1.10. The van der Waals surface area contributed by atoms with Crippen molar-refractivity contribution in [3.05, 3.63) is 105 Å². The molecule has 0 spiro atoms. The Morgan fingerprint density at radius 2 is 1.90 bits per heavy atom. The first-order valence-electron chi connectivity index (χ1n) is 13.0. The maximum absolute atomic E-state index is 13.2. The minimum Gasteiger partial charge on any atom is -0.497 e. The quantitative estimate of drug-likeness (QED) is 0.107. The number of aromatic carboxylic acids is 1. The summed E-state index contributed by atoms with van der Waals surface area (Å²) < 4.78 is 5.30. The lowest BCUT2D eigenvalue weighted by Gasteiger charge is -2.22. The highest BCUT2D eigenvalue weighted by molar-refractivity contribution is 7.07. The fourth-order valence-corrected chi connectivity index (χ4v) is 5.66. The van der Waals surface area contributed by atoms with Gasteiger partial charge in [-0.15, -0.1) is 11.3 Å². The van der Waals surface area contributed by atoms with Crippen LogP contribution in [0.3, 0.4) is 0 Å². The largest absolute Gasteiger partial charge is 0.497 e. The second kappa shape index (κ2) is 11.6. The van der Waals surface area contributed by atoms with E-state index in [4.69, 9.17) is 15.9 Å². The Labute approximate surface area is 240 Å². The number of carboxylic acid groups (broad SMARTS) is 1. The Hall–Kier alpha value is -4.96. The number of nitrogen functional groups attached to an aromatic ring is 1. The van der Waals surface area contributed by atoms with E-state index < -0.39 is 5.97 Å². The first kappa shape index (κ1) is 27.6. The molecule has 41 heavy (non-hydrogen) atoms. The topological polar surface area (TPSA) is 154 Å². The number of H-pyrrole nitrogens is 1. The normalized spacial score (nSPS) is 11.8. The average molecular weight is 568 g/mol. The number of nitrogens with two attached hydrogens (primary N) is 1. The number of rotatable bonds is 10.